The lowest BCUT2D eigenvalue weighted by Gasteiger charge is -2.16. The van der Waals surface area contributed by atoms with Crippen molar-refractivity contribution in [3.8, 4) is 34.0 Å². The normalized spacial score (nSPS) is 12.7. The summed E-state index contributed by atoms with van der Waals surface area (Å²) in [7, 11) is 0. The quantitative estimate of drug-likeness (QED) is 0.403. The van der Waals surface area contributed by atoms with Crippen LogP contribution in [0.1, 0.15) is 5.56 Å². The molecule has 0 spiro atoms. The van der Waals surface area contributed by atoms with Crippen molar-refractivity contribution in [2.75, 3.05) is 6.79 Å². The highest BCUT2D eigenvalue weighted by Crippen LogP contribution is 2.42. The molecule has 0 bridgehead atoms. The van der Waals surface area contributed by atoms with Crippen LogP contribution in [0.4, 0.5) is 8.78 Å². The molecule has 0 aliphatic carbocycles. The van der Waals surface area contributed by atoms with E-state index in [0.29, 0.717) is 23.7 Å². The second-order valence-corrected chi connectivity index (χ2v) is 7.42. The van der Waals surface area contributed by atoms with Gasteiger partial charge in [-0.1, -0.05) is 12.1 Å². The van der Waals surface area contributed by atoms with E-state index in [1.807, 2.05) is 18.3 Å². The maximum Gasteiger partial charge on any atom is 0.231 e. The molecule has 0 atom stereocenters. The first-order valence-corrected chi connectivity index (χ1v) is 9.75. The van der Waals surface area contributed by atoms with Gasteiger partial charge in [-0.25, -0.2) is 8.78 Å². The van der Waals surface area contributed by atoms with Gasteiger partial charge in [0.05, 0.1) is 5.52 Å². The fraction of sp³-hybridized carbons (Fsp3) is 0.0833. The number of hydrogen-bond acceptors (Lipinski definition) is 4. The highest BCUT2D eigenvalue weighted by atomic mass is 19.1. The van der Waals surface area contributed by atoms with E-state index in [0.717, 1.165) is 33.3 Å². The van der Waals surface area contributed by atoms with Crippen LogP contribution in [0.3, 0.4) is 0 Å². The summed E-state index contributed by atoms with van der Waals surface area (Å²) in [6.07, 6.45) is 1.97. The Morgan fingerprint density at radius 1 is 0.806 bits per heavy atom. The van der Waals surface area contributed by atoms with E-state index in [1.165, 1.54) is 24.3 Å². The minimum Gasteiger partial charge on any atom is -0.454 e. The van der Waals surface area contributed by atoms with Gasteiger partial charge in [-0.3, -0.25) is 0 Å². The number of benzene rings is 3. The number of rotatable bonds is 3. The molecule has 0 radical (unpaired) electrons. The Morgan fingerprint density at radius 3 is 2.19 bits per heavy atom. The Labute approximate surface area is 175 Å². The van der Waals surface area contributed by atoms with Crippen molar-refractivity contribution < 1.29 is 18.3 Å². The standard InChI is InChI=1S/C24H15F2N3O2/c25-16-5-1-14(2-6-16)11-29-12-19-23(15-3-7-17(26)8-4-15)27-28-24(19)18-9-21-22(10-20(18)29)31-13-30-21/h1-10,12H,11,13H2. The number of halogens is 2. The van der Waals surface area contributed by atoms with Crippen LogP contribution in [0.15, 0.2) is 66.9 Å². The minimum atomic E-state index is -0.308. The van der Waals surface area contributed by atoms with Gasteiger partial charge in [0.1, 0.15) is 23.0 Å². The van der Waals surface area contributed by atoms with Gasteiger partial charge in [0, 0.05) is 35.3 Å². The Hall–Kier alpha value is -4.00. The van der Waals surface area contributed by atoms with E-state index in [9.17, 15) is 8.78 Å². The molecular weight excluding hydrogens is 400 g/mol. The van der Waals surface area contributed by atoms with Crippen molar-refractivity contribution in [1.82, 2.24) is 14.8 Å². The summed E-state index contributed by atoms with van der Waals surface area (Å²) in [4.78, 5) is 0. The van der Waals surface area contributed by atoms with E-state index in [4.69, 9.17) is 9.47 Å². The third kappa shape index (κ3) is 2.97. The molecule has 3 aliphatic rings. The number of nitrogens with zero attached hydrogens (tertiary/aromatic N) is 3. The second kappa shape index (κ2) is 6.77. The van der Waals surface area contributed by atoms with Gasteiger partial charge in [-0.05, 0) is 48.0 Å². The molecule has 0 saturated heterocycles. The summed E-state index contributed by atoms with van der Waals surface area (Å²) in [5.41, 5.74) is 4.84. The van der Waals surface area contributed by atoms with Crippen LogP contribution in [0.25, 0.3) is 33.4 Å². The summed E-state index contributed by atoms with van der Waals surface area (Å²) in [5, 5.41) is 9.68. The summed E-state index contributed by atoms with van der Waals surface area (Å²) in [6, 6.07) is 16.4. The van der Waals surface area contributed by atoms with E-state index < -0.39 is 0 Å². The number of aromatic nitrogens is 3. The maximum absolute atomic E-state index is 13.4. The molecular formula is C24H15F2N3O2. The van der Waals surface area contributed by atoms with E-state index in [-0.39, 0.29) is 18.4 Å². The fourth-order valence-electron chi connectivity index (χ4n) is 3.96. The van der Waals surface area contributed by atoms with Crippen molar-refractivity contribution in [2.45, 2.75) is 6.54 Å². The summed E-state index contributed by atoms with van der Waals surface area (Å²) in [5.74, 6) is 0.732. The highest BCUT2D eigenvalue weighted by molar-refractivity contribution is 5.99. The molecule has 0 fully saturated rings. The molecule has 0 saturated carbocycles. The molecule has 7 heteroatoms. The van der Waals surface area contributed by atoms with Crippen molar-refractivity contribution in [3.05, 3.63) is 84.1 Å². The number of pyridine rings is 1. The van der Waals surface area contributed by atoms with Gasteiger partial charge in [0.2, 0.25) is 6.79 Å². The lowest BCUT2D eigenvalue weighted by atomic mass is 10.0. The molecule has 3 heterocycles. The molecule has 6 rings (SSSR count). The predicted octanol–water partition coefficient (Wildman–Crippen LogP) is 5.26. The Kier molecular flexibility index (Phi) is 3.89. The van der Waals surface area contributed by atoms with E-state index in [2.05, 4.69) is 14.8 Å². The van der Waals surface area contributed by atoms with Gasteiger partial charge in [0.15, 0.2) is 11.5 Å². The van der Waals surface area contributed by atoms with Crippen LogP contribution >= 0.6 is 0 Å². The lowest BCUT2D eigenvalue weighted by molar-refractivity contribution is 0.174. The van der Waals surface area contributed by atoms with E-state index in [1.54, 1.807) is 24.3 Å². The summed E-state index contributed by atoms with van der Waals surface area (Å²) in [6.45, 7) is 0.681. The predicted molar refractivity (Wildman–Crippen MR) is 111 cm³/mol. The minimum absolute atomic E-state index is 0.167. The van der Waals surface area contributed by atoms with Crippen molar-refractivity contribution >= 4 is 10.9 Å². The third-order valence-corrected chi connectivity index (χ3v) is 5.48. The first-order chi connectivity index (χ1) is 15.2. The largest absolute Gasteiger partial charge is 0.454 e. The topological polar surface area (TPSA) is 49.2 Å². The molecule has 3 aromatic carbocycles. The van der Waals surface area contributed by atoms with Crippen LogP contribution in [-0.2, 0) is 6.54 Å². The van der Waals surface area contributed by atoms with E-state index >= 15 is 0 Å². The Balaban J connectivity index is 1.59. The van der Waals surface area contributed by atoms with Crippen molar-refractivity contribution in [2.24, 2.45) is 0 Å². The van der Waals surface area contributed by atoms with Gasteiger partial charge < -0.3 is 14.0 Å². The first-order valence-electron chi connectivity index (χ1n) is 9.75. The van der Waals surface area contributed by atoms with Crippen LogP contribution in [0.2, 0.25) is 0 Å². The molecule has 3 aromatic rings. The summed E-state index contributed by atoms with van der Waals surface area (Å²) >= 11 is 0. The summed E-state index contributed by atoms with van der Waals surface area (Å²) < 4.78 is 40.0. The first kappa shape index (κ1) is 17.8. The van der Waals surface area contributed by atoms with Crippen LogP contribution < -0.4 is 9.47 Å². The van der Waals surface area contributed by atoms with Crippen LogP contribution in [0, 0.1) is 11.6 Å². The molecule has 0 unspecified atom stereocenters. The van der Waals surface area contributed by atoms with Crippen molar-refractivity contribution in [1.29, 1.82) is 0 Å². The maximum atomic E-state index is 13.4. The number of hydrogen-bond donors (Lipinski definition) is 0. The second-order valence-electron chi connectivity index (χ2n) is 7.42. The van der Waals surface area contributed by atoms with Crippen LogP contribution in [-0.4, -0.2) is 21.6 Å². The van der Waals surface area contributed by atoms with Gasteiger partial charge in [0.25, 0.3) is 0 Å². The van der Waals surface area contributed by atoms with Gasteiger partial charge in [-0.15, -0.1) is 10.2 Å². The molecule has 0 amide bonds. The Bertz CT molecular complexity index is 1400. The van der Waals surface area contributed by atoms with Gasteiger partial charge in [-0.2, -0.15) is 0 Å². The van der Waals surface area contributed by atoms with Crippen LogP contribution in [0.5, 0.6) is 11.5 Å². The zero-order chi connectivity index (χ0) is 20.9. The fourth-order valence-corrected chi connectivity index (χ4v) is 3.96. The monoisotopic (exact) mass is 415 g/mol. The van der Waals surface area contributed by atoms with Gasteiger partial charge >= 0.3 is 0 Å². The third-order valence-electron chi connectivity index (χ3n) is 5.48. The molecule has 0 aromatic heterocycles. The Morgan fingerprint density at radius 2 is 1.45 bits per heavy atom. The average molecular weight is 415 g/mol. The number of ether oxygens (including phenoxy) is 2. The van der Waals surface area contributed by atoms with Crippen molar-refractivity contribution in [3.63, 3.8) is 0 Å². The average Bonchev–Trinajstić information content (AvgIpc) is 3.41. The molecule has 5 nitrogen and oxygen atoms in total. The molecule has 31 heavy (non-hydrogen) atoms. The molecule has 152 valence electrons. The zero-order valence-corrected chi connectivity index (χ0v) is 16.2. The zero-order valence-electron chi connectivity index (χ0n) is 16.2. The molecule has 3 aliphatic heterocycles. The molecule has 0 N–H and O–H groups in total. The lowest BCUT2D eigenvalue weighted by Crippen LogP contribution is -2.04. The number of fused-ring (bicyclic) bond motifs is 4. The smallest absolute Gasteiger partial charge is 0.231 e. The SMILES string of the molecule is Fc1ccc(Cn2cc3c(-c4ccc(F)cc4)nnc-3c3cc4c(cc32)OCO4)cc1. The highest BCUT2D eigenvalue weighted by Gasteiger charge is 2.24.